The van der Waals surface area contributed by atoms with Crippen molar-refractivity contribution >= 4 is 0 Å². The number of hydrogen-bond acceptors (Lipinski definition) is 5. The number of aromatic amines is 1. The second kappa shape index (κ2) is 4.20. The lowest BCUT2D eigenvalue weighted by atomic mass is 10.2. The molecule has 16 heavy (non-hydrogen) atoms. The van der Waals surface area contributed by atoms with Crippen LogP contribution in [0.5, 0.6) is 0 Å². The van der Waals surface area contributed by atoms with Gasteiger partial charge in [-0.1, -0.05) is 0 Å². The minimum atomic E-state index is -0.811. The van der Waals surface area contributed by atoms with Crippen molar-refractivity contribution in [2.75, 3.05) is 6.61 Å². The highest BCUT2D eigenvalue weighted by atomic mass is 16.5. The lowest BCUT2D eigenvalue weighted by molar-refractivity contribution is -0.0459. The molecule has 1 saturated heterocycles. The number of ether oxygens (including phenoxy) is 1. The molecule has 0 unspecified atom stereocenters. The van der Waals surface area contributed by atoms with Gasteiger partial charge in [-0.3, -0.25) is 14.3 Å². The molecule has 0 radical (unpaired) electrons. The van der Waals surface area contributed by atoms with E-state index in [4.69, 9.17) is 9.84 Å². The quantitative estimate of drug-likeness (QED) is 0.552. The van der Waals surface area contributed by atoms with Gasteiger partial charge in [0.05, 0.1) is 12.7 Å². The topological polar surface area (TPSA) is 105 Å². The Bertz CT molecular complexity index is 479. The molecule has 0 saturated carbocycles. The molecule has 88 valence electrons. The summed E-state index contributed by atoms with van der Waals surface area (Å²) in [5.41, 5.74) is -1.08. The Kier molecular flexibility index (Phi) is 2.90. The summed E-state index contributed by atoms with van der Waals surface area (Å²) in [5, 5.41) is 18.4. The van der Waals surface area contributed by atoms with E-state index in [9.17, 15) is 14.7 Å². The second-order valence-corrected chi connectivity index (χ2v) is 3.63. The molecule has 3 N–H and O–H groups in total. The highest BCUT2D eigenvalue weighted by molar-refractivity contribution is 4.88. The largest absolute Gasteiger partial charge is 0.394 e. The van der Waals surface area contributed by atoms with Gasteiger partial charge >= 0.3 is 5.69 Å². The number of hydrogen-bond donors (Lipinski definition) is 3. The average Bonchev–Trinajstić information content (AvgIpc) is 2.59. The Hall–Kier alpha value is -1.44. The summed E-state index contributed by atoms with van der Waals surface area (Å²) in [4.78, 5) is 24.3. The van der Waals surface area contributed by atoms with E-state index < -0.39 is 29.7 Å². The van der Waals surface area contributed by atoms with Gasteiger partial charge in [0.1, 0.15) is 12.3 Å². The summed E-state index contributed by atoms with van der Waals surface area (Å²) in [6.07, 6.45) is -0.649. The summed E-state index contributed by atoms with van der Waals surface area (Å²) in [6, 6.07) is 1.20. The minimum absolute atomic E-state index is 0.206. The summed E-state index contributed by atoms with van der Waals surface area (Å²) in [5.74, 6) is 0. The molecule has 1 aromatic heterocycles. The molecule has 0 aliphatic carbocycles. The fourth-order valence-electron chi connectivity index (χ4n) is 1.70. The van der Waals surface area contributed by atoms with E-state index in [1.54, 1.807) is 0 Å². The fraction of sp³-hybridized carbons (Fsp3) is 0.556. The van der Waals surface area contributed by atoms with Gasteiger partial charge in [-0.05, 0) is 0 Å². The summed E-state index contributed by atoms with van der Waals surface area (Å²) < 4.78 is 6.45. The fourth-order valence-corrected chi connectivity index (χ4v) is 1.70. The summed E-state index contributed by atoms with van der Waals surface area (Å²) >= 11 is 0. The first-order valence-corrected chi connectivity index (χ1v) is 4.87. The molecule has 7 nitrogen and oxygen atoms in total. The van der Waals surface area contributed by atoms with Crippen molar-refractivity contribution in [3.63, 3.8) is 0 Å². The molecule has 2 rings (SSSR count). The molecule has 0 amide bonds. The Morgan fingerprint density at radius 3 is 2.88 bits per heavy atom. The molecule has 7 heteroatoms. The van der Waals surface area contributed by atoms with Gasteiger partial charge in [0, 0.05) is 18.7 Å². The number of aliphatic hydroxyl groups is 2. The van der Waals surface area contributed by atoms with Crippen molar-refractivity contribution < 1.29 is 14.9 Å². The molecule has 0 aromatic carbocycles. The zero-order chi connectivity index (χ0) is 11.7. The number of H-pyrrole nitrogens is 1. The monoisotopic (exact) mass is 228 g/mol. The first kappa shape index (κ1) is 11.1. The number of nitrogens with zero attached hydrogens (tertiary/aromatic N) is 1. The third kappa shape index (κ3) is 1.92. The zero-order valence-electron chi connectivity index (χ0n) is 8.37. The highest BCUT2D eigenvalue weighted by Gasteiger charge is 2.34. The number of aromatic nitrogens is 2. The standard InChI is InChI=1S/C9H12N2O5/c12-4-6-5(13)3-8(16-6)11-2-1-7(14)10-9(11)15/h1-2,5-6,8,12-13H,3-4H2,(H,10,14,15)/t5-,6-,8-/m0/s1. The van der Waals surface area contributed by atoms with Crippen LogP contribution in [0.3, 0.4) is 0 Å². The lowest BCUT2D eigenvalue weighted by Crippen LogP contribution is -2.31. The molecule has 1 aromatic rings. The van der Waals surface area contributed by atoms with Crippen LogP contribution in [0.1, 0.15) is 12.6 Å². The van der Waals surface area contributed by atoms with E-state index in [0.29, 0.717) is 0 Å². The Morgan fingerprint density at radius 1 is 1.56 bits per heavy atom. The van der Waals surface area contributed by atoms with Crippen molar-refractivity contribution in [3.8, 4) is 0 Å². The first-order chi connectivity index (χ1) is 7.61. The van der Waals surface area contributed by atoms with Gasteiger partial charge in [-0.2, -0.15) is 0 Å². The van der Waals surface area contributed by atoms with Gasteiger partial charge in [0.15, 0.2) is 0 Å². The van der Waals surface area contributed by atoms with Crippen LogP contribution in [0, 0.1) is 0 Å². The van der Waals surface area contributed by atoms with Crippen molar-refractivity contribution in [1.82, 2.24) is 9.55 Å². The van der Waals surface area contributed by atoms with Crippen molar-refractivity contribution in [2.24, 2.45) is 0 Å². The van der Waals surface area contributed by atoms with E-state index >= 15 is 0 Å². The number of aliphatic hydroxyl groups excluding tert-OH is 2. The molecule has 3 atom stereocenters. The second-order valence-electron chi connectivity index (χ2n) is 3.63. The summed E-state index contributed by atoms with van der Waals surface area (Å²) in [6.45, 7) is -0.310. The average molecular weight is 228 g/mol. The van der Waals surface area contributed by atoms with Crippen LogP contribution in [0.15, 0.2) is 21.9 Å². The van der Waals surface area contributed by atoms with Crippen LogP contribution < -0.4 is 11.2 Å². The Balaban J connectivity index is 2.27. The SMILES string of the molecule is O=c1ccn([C@@H]2C[C@H](O)[C@H](CO)O2)c(=O)[nH]1. The predicted octanol–water partition coefficient (Wildman–Crippen LogP) is -1.82. The number of nitrogens with one attached hydrogen (secondary N) is 1. The van der Waals surface area contributed by atoms with Gasteiger partial charge < -0.3 is 14.9 Å². The molecule has 1 aliphatic rings. The van der Waals surface area contributed by atoms with Crippen LogP contribution in [0.4, 0.5) is 0 Å². The van der Waals surface area contributed by atoms with Gasteiger partial charge in [0.2, 0.25) is 0 Å². The van der Waals surface area contributed by atoms with Crippen molar-refractivity contribution in [1.29, 1.82) is 0 Å². The molecule has 2 heterocycles. The smallest absolute Gasteiger partial charge is 0.330 e. The minimum Gasteiger partial charge on any atom is -0.394 e. The van der Waals surface area contributed by atoms with E-state index in [-0.39, 0.29) is 13.0 Å². The predicted molar refractivity (Wildman–Crippen MR) is 52.9 cm³/mol. The molecular formula is C9H12N2O5. The maximum atomic E-state index is 11.4. The molecule has 1 fully saturated rings. The Labute approximate surface area is 89.9 Å². The zero-order valence-corrected chi connectivity index (χ0v) is 8.37. The van der Waals surface area contributed by atoms with Crippen LogP contribution in [0.2, 0.25) is 0 Å². The van der Waals surface area contributed by atoms with Gasteiger partial charge in [0.25, 0.3) is 5.56 Å². The van der Waals surface area contributed by atoms with Crippen LogP contribution in [0.25, 0.3) is 0 Å². The third-order valence-electron chi connectivity index (χ3n) is 2.55. The maximum Gasteiger partial charge on any atom is 0.330 e. The molecule has 0 spiro atoms. The summed E-state index contributed by atoms with van der Waals surface area (Å²) in [7, 11) is 0. The molecular weight excluding hydrogens is 216 g/mol. The maximum absolute atomic E-state index is 11.4. The highest BCUT2D eigenvalue weighted by Crippen LogP contribution is 2.26. The lowest BCUT2D eigenvalue weighted by Gasteiger charge is -2.13. The molecule has 0 bridgehead atoms. The van der Waals surface area contributed by atoms with Crippen molar-refractivity contribution in [2.45, 2.75) is 24.9 Å². The van der Waals surface area contributed by atoms with E-state index in [2.05, 4.69) is 4.98 Å². The van der Waals surface area contributed by atoms with Crippen LogP contribution >= 0.6 is 0 Å². The van der Waals surface area contributed by atoms with E-state index in [1.807, 2.05) is 0 Å². The Morgan fingerprint density at radius 2 is 2.31 bits per heavy atom. The van der Waals surface area contributed by atoms with Gasteiger partial charge in [-0.15, -0.1) is 0 Å². The molecule has 1 aliphatic heterocycles. The third-order valence-corrected chi connectivity index (χ3v) is 2.55. The van der Waals surface area contributed by atoms with E-state index in [1.165, 1.54) is 16.8 Å². The number of rotatable bonds is 2. The van der Waals surface area contributed by atoms with Gasteiger partial charge in [-0.25, -0.2) is 4.79 Å². The first-order valence-electron chi connectivity index (χ1n) is 4.87. The normalized spacial score (nSPS) is 29.5. The van der Waals surface area contributed by atoms with Crippen LogP contribution in [-0.4, -0.2) is 38.6 Å². The van der Waals surface area contributed by atoms with Crippen molar-refractivity contribution in [3.05, 3.63) is 33.1 Å². The van der Waals surface area contributed by atoms with E-state index in [0.717, 1.165) is 0 Å². The van der Waals surface area contributed by atoms with Crippen LogP contribution in [-0.2, 0) is 4.74 Å².